The summed E-state index contributed by atoms with van der Waals surface area (Å²) in [5.41, 5.74) is 0.257. The van der Waals surface area contributed by atoms with Gasteiger partial charge in [-0.3, -0.25) is 18.7 Å². The van der Waals surface area contributed by atoms with Gasteiger partial charge in [0.1, 0.15) is 0 Å². The fourth-order valence-electron chi connectivity index (χ4n) is 3.10. The van der Waals surface area contributed by atoms with Gasteiger partial charge in [0.25, 0.3) is 5.56 Å². The lowest BCUT2D eigenvalue weighted by Crippen LogP contribution is -2.37. The van der Waals surface area contributed by atoms with Crippen LogP contribution in [0.5, 0.6) is 0 Å². The molecular formula is C18H28N4O4. The monoisotopic (exact) mass is 364 g/mol. The SMILES string of the molecule is COC(=O)CCCCCCCCCn1cnc2c1c(=O)n(C)c(=O)n2C. The van der Waals surface area contributed by atoms with Gasteiger partial charge < -0.3 is 9.30 Å². The third kappa shape index (κ3) is 4.62. The Morgan fingerprint density at radius 2 is 1.62 bits per heavy atom. The van der Waals surface area contributed by atoms with Crippen LogP contribution in [-0.2, 0) is 30.2 Å². The number of nitrogens with zero attached hydrogens (tertiary/aromatic N) is 4. The van der Waals surface area contributed by atoms with Crippen molar-refractivity contribution in [2.45, 2.75) is 57.9 Å². The fraction of sp³-hybridized carbons (Fsp3) is 0.667. The first-order valence-corrected chi connectivity index (χ1v) is 9.15. The second-order valence-corrected chi connectivity index (χ2v) is 6.62. The van der Waals surface area contributed by atoms with Gasteiger partial charge in [-0.1, -0.05) is 32.1 Å². The van der Waals surface area contributed by atoms with Crippen molar-refractivity contribution in [1.82, 2.24) is 18.7 Å². The highest BCUT2D eigenvalue weighted by Crippen LogP contribution is 2.11. The van der Waals surface area contributed by atoms with Gasteiger partial charge in [0.2, 0.25) is 0 Å². The van der Waals surface area contributed by atoms with Crippen LogP contribution < -0.4 is 11.2 Å². The number of unbranched alkanes of at least 4 members (excludes halogenated alkanes) is 6. The summed E-state index contributed by atoms with van der Waals surface area (Å²) < 4.78 is 8.98. The maximum Gasteiger partial charge on any atom is 0.332 e. The molecular weight excluding hydrogens is 336 g/mol. The van der Waals surface area contributed by atoms with Crippen LogP contribution in [0.1, 0.15) is 51.4 Å². The number of imidazole rings is 1. The Morgan fingerprint density at radius 3 is 2.27 bits per heavy atom. The Labute approximate surface area is 152 Å². The van der Waals surface area contributed by atoms with Crippen LogP contribution in [-0.4, -0.2) is 31.8 Å². The van der Waals surface area contributed by atoms with E-state index >= 15 is 0 Å². The summed E-state index contributed by atoms with van der Waals surface area (Å²) in [6.07, 6.45) is 9.49. The van der Waals surface area contributed by atoms with Crippen LogP contribution >= 0.6 is 0 Å². The molecule has 0 bridgehead atoms. The standard InChI is InChI=1S/C18H28N4O4/c1-20-16-15(17(24)21(2)18(20)25)22(13-19-16)12-10-8-6-4-5-7-9-11-14(23)26-3/h13H,4-12H2,1-3H3. The van der Waals surface area contributed by atoms with Crippen molar-refractivity contribution in [3.05, 3.63) is 27.2 Å². The molecule has 26 heavy (non-hydrogen) atoms. The van der Waals surface area contributed by atoms with Crippen molar-refractivity contribution in [2.24, 2.45) is 14.1 Å². The topological polar surface area (TPSA) is 88.1 Å². The predicted molar refractivity (Wildman–Crippen MR) is 99.2 cm³/mol. The summed E-state index contributed by atoms with van der Waals surface area (Å²) in [6.45, 7) is 0.715. The van der Waals surface area contributed by atoms with Gasteiger partial charge in [-0.2, -0.15) is 0 Å². The van der Waals surface area contributed by atoms with Gasteiger partial charge in [-0.25, -0.2) is 9.78 Å². The molecule has 0 spiro atoms. The lowest BCUT2D eigenvalue weighted by Gasteiger charge is -2.07. The summed E-state index contributed by atoms with van der Waals surface area (Å²) in [4.78, 5) is 39.5. The van der Waals surface area contributed by atoms with Gasteiger partial charge in [0.05, 0.1) is 13.4 Å². The van der Waals surface area contributed by atoms with Gasteiger partial charge in [-0.05, 0) is 12.8 Å². The molecule has 0 saturated heterocycles. The van der Waals surface area contributed by atoms with E-state index in [0.717, 1.165) is 49.5 Å². The molecule has 8 heteroatoms. The molecule has 0 aliphatic heterocycles. The summed E-state index contributed by atoms with van der Waals surface area (Å²) in [7, 11) is 4.53. The molecule has 0 amide bonds. The van der Waals surface area contributed by atoms with Gasteiger partial charge in [0, 0.05) is 27.1 Å². The Kier molecular flexibility index (Phi) is 7.17. The molecule has 0 unspecified atom stereocenters. The molecule has 2 aromatic rings. The molecule has 2 heterocycles. The van der Waals surface area contributed by atoms with Gasteiger partial charge >= 0.3 is 11.7 Å². The van der Waals surface area contributed by atoms with Crippen LogP contribution in [0.2, 0.25) is 0 Å². The van der Waals surface area contributed by atoms with Crippen LogP contribution in [0.4, 0.5) is 0 Å². The summed E-state index contributed by atoms with van der Waals surface area (Å²) in [5, 5.41) is 0. The molecule has 2 rings (SSSR count). The lowest BCUT2D eigenvalue weighted by atomic mass is 10.1. The third-order valence-corrected chi connectivity index (χ3v) is 4.72. The van der Waals surface area contributed by atoms with Crippen LogP contribution in [0.25, 0.3) is 11.2 Å². The molecule has 0 N–H and O–H groups in total. The Balaban J connectivity index is 1.77. The zero-order valence-electron chi connectivity index (χ0n) is 15.9. The number of hydrogen-bond acceptors (Lipinski definition) is 5. The number of fused-ring (bicyclic) bond motifs is 1. The smallest absolute Gasteiger partial charge is 0.332 e. The molecule has 0 fully saturated rings. The molecule has 0 radical (unpaired) electrons. The van der Waals surface area contributed by atoms with Gasteiger partial charge in [0.15, 0.2) is 11.2 Å². The van der Waals surface area contributed by atoms with E-state index in [4.69, 9.17) is 0 Å². The van der Waals surface area contributed by atoms with E-state index in [2.05, 4.69) is 9.72 Å². The second-order valence-electron chi connectivity index (χ2n) is 6.62. The van der Waals surface area contributed by atoms with E-state index < -0.39 is 0 Å². The predicted octanol–water partition coefficient (Wildman–Crippen LogP) is 1.73. The highest BCUT2D eigenvalue weighted by atomic mass is 16.5. The van der Waals surface area contributed by atoms with E-state index in [1.54, 1.807) is 13.4 Å². The largest absolute Gasteiger partial charge is 0.469 e. The Bertz CT molecular complexity index is 862. The number of hydrogen-bond donors (Lipinski definition) is 0. The quantitative estimate of drug-likeness (QED) is 0.473. The van der Waals surface area contributed by atoms with Crippen molar-refractivity contribution < 1.29 is 9.53 Å². The zero-order valence-corrected chi connectivity index (χ0v) is 15.9. The first-order chi connectivity index (χ1) is 12.5. The molecule has 0 saturated carbocycles. The number of ether oxygens (including phenoxy) is 1. The number of aryl methyl sites for hydroxylation is 2. The molecule has 0 atom stereocenters. The van der Waals surface area contributed by atoms with Crippen molar-refractivity contribution in [2.75, 3.05) is 7.11 Å². The minimum Gasteiger partial charge on any atom is -0.469 e. The number of esters is 1. The summed E-state index contributed by atoms with van der Waals surface area (Å²) in [6, 6.07) is 0. The van der Waals surface area contributed by atoms with Crippen LogP contribution in [0.3, 0.4) is 0 Å². The molecule has 2 aromatic heterocycles. The minimum absolute atomic E-state index is 0.138. The fourth-order valence-corrected chi connectivity index (χ4v) is 3.10. The van der Waals surface area contributed by atoms with Crippen molar-refractivity contribution in [3.63, 3.8) is 0 Å². The average molecular weight is 364 g/mol. The lowest BCUT2D eigenvalue weighted by molar-refractivity contribution is -0.140. The summed E-state index contributed by atoms with van der Waals surface area (Å²) in [5.74, 6) is -0.138. The van der Waals surface area contributed by atoms with Crippen LogP contribution in [0, 0.1) is 0 Å². The number of methoxy groups -OCH3 is 1. The van der Waals surface area contributed by atoms with E-state index in [9.17, 15) is 14.4 Å². The first kappa shape index (κ1) is 19.9. The molecule has 0 aliphatic carbocycles. The third-order valence-electron chi connectivity index (χ3n) is 4.72. The Hall–Kier alpha value is -2.38. The normalized spacial score (nSPS) is 11.2. The molecule has 0 aromatic carbocycles. The minimum atomic E-state index is -0.361. The van der Waals surface area contributed by atoms with Crippen molar-refractivity contribution in [1.29, 1.82) is 0 Å². The highest BCUT2D eigenvalue weighted by Gasteiger charge is 2.13. The maximum atomic E-state index is 12.3. The van der Waals surface area contributed by atoms with Crippen LogP contribution in [0.15, 0.2) is 15.9 Å². The molecule has 8 nitrogen and oxygen atoms in total. The molecule has 144 valence electrons. The number of aromatic nitrogens is 4. The zero-order chi connectivity index (χ0) is 19.1. The Morgan fingerprint density at radius 1 is 1.00 bits per heavy atom. The van der Waals surface area contributed by atoms with Crippen molar-refractivity contribution >= 4 is 17.1 Å². The number of carbonyl (C=O) groups is 1. The second kappa shape index (κ2) is 9.35. The average Bonchev–Trinajstić information content (AvgIpc) is 3.07. The number of rotatable bonds is 10. The van der Waals surface area contributed by atoms with Crippen molar-refractivity contribution in [3.8, 4) is 0 Å². The van der Waals surface area contributed by atoms with E-state index in [-0.39, 0.29) is 17.2 Å². The maximum absolute atomic E-state index is 12.3. The highest BCUT2D eigenvalue weighted by molar-refractivity contribution is 5.70. The number of carbonyl (C=O) groups excluding carboxylic acids is 1. The van der Waals surface area contributed by atoms with Gasteiger partial charge in [-0.15, -0.1) is 0 Å². The van der Waals surface area contributed by atoms with E-state index in [1.165, 1.54) is 18.7 Å². The summed E-state index contributed by atoms with van der Waals surface area (Å²) >= 11 is 0. The van der Waals surface area contributed by atoms with E-state index in [0.29, 0.717) is 24.1 Å². The molecule has 0 aliphatic rings. The first-order valence-electron chi connectivity index (χ1n) is 9.15. The van der Waals surface area contributed by atoms with E-state index in [1.807, 2.05) is 4.57 Å².